The van der Waals surface area contributed by atoms with Crippen LogP contribution < -0.4 is 0 Å². The van der Waals surface area contributed by atoms with Gasteiger partial charge in [0.25, 0.3) is 0 Å². The lowest BCUT2D eigenvalue weighted by molar-refractivity contribution is -0.169. The first kappa shape index (κ1) is 15.3. The SMILES string of the molecule is CS(=O)(=O)C1CN(Cc2ccccc2)CC1C(F)(F)F. The van der Waals surface area contributed by atoms with Crippen LogP contribution in [0.25, 0.3) is 0 Å². The van der Waals surface area contributed by atoms with Crippen LogP contribution in [0.4, 0.5) is 13.2 Å². The van der Waals surface area contributed by atoms with E-state index in [2.05, 4.69) is 0 Å². The van der Waals surface area contributed by atoms with Gasteiger partial charge in [0.05, 0.1) is 11.2 Å². The van der Waals surface area contributed by atoms with Crippen molar-refractivity contribution in [1.29, 1.82) is 0 Å². The molecule has 2 atom stereocenters. The second-order valence-electron chi connectivity index (χ2n) is 5.20. The van der Waals surface area contributed by atoms with E-state index in [9.17, 15) is 21.6 Å². The summed E-state index contributed by atoms with van der Waals surface area (Å²) >= 11 is 0. The topological polar surface area (TPSA) is 37.4 Å². The van der Waals surface area contributed by atoms with E-state index in [4.69, 9.17) is 0 Å². The molecule has 0 aliphatic carbocycles. The molecule has 0 bridgehead atoms. The molecule has 0 spiro atoms. The van der Waals surface area contributed by atoms with Gasteiger partial charge in [-0.3, -0.25) is 4.90 Å². The molecule has 1 fully saturated rings. The van der Waals surface area contributed by atoms with Gasteiger partial charge < -0.3 is 0 Å². The molecule has 112 valence electrons. The molecule has 2 unspecified atom stereocenters. The largest absolute Gasteiger partial charge is 0.394 e. The molecular formula is C13H16F3NO2S. The molecule has 1 aliphatic heterocycles. The average Bonchev–Trinajstić information content (AvgIpc) is 2.74. The third-order valence-corrected chi connectivity index (χ3v) is 5.14. The summed E-state index contributed by atoms with van der Waals surface area (Å²) in [6, 6.07) is 9.07. The first-order chi connectivity index (χ1) is 9.18. The Morgan fingerprint density at radius 3 is 2.25 bits per heavy atom. The van der Waals surface area contributed by atoms with E-state index in [0.717, 1.165) is 11.8 Å². The molecule has 7 heteroatoms. The van der Waals surface area contributed by atoms with Gasteiger partial charge in [0.15, 0.2) is 9.84 Å². The smallest absolute Gasteiger partial charge is 0.297 e. The number of rotatable bonds is 3. The van der Waals surface area contributed by atoms with Gasteiger partial charge in [-0.1, -0.05) is 30.3 Å². The number of hydrogen-bond acceptors (Lipinski definition) is 3. The molecule has 0 N–H and O–H groups in total. The van der Waals surface area contributed by atoms with Crippen LogP contribution in [-0.2, 0) is 16.4 Å². The van der Waals surface area contributed by atoms with Crippen LogP contribution in [0.3, 0.4) is 0 Å². The zero-order valence-electron chi connectivity index (χ0n) is 11.0. The monoisotopic (exact) mass is 307 g/mol. The highest BCUT2D eigenvalue weighted by Crippen LogP contribution is 2.37. The summed E-state index contributed by atoms with van der Waals surface area (Å²) in [4.78, 5) is 1.55. The van der Waals surface area contributed by atoms with Crippen LogP contribution in [0, 0.1) is 5.92 Å². The summed E-state index contributed by atoms with van der Waals surface area (Å²) in [6.07, 6.45) is -3.61. The quantitative estimate of drug-likeness (QED) is 0.858. The molecule has 1 heterocycles. The van der Waals surface area contributed by atoms with E-state index in [0.29, 0.717) is 6.54 Å². The van der Waals surface area contributed by atoms with Gasteiger partial charge in [-0.2, -0.15) is 13.2 Å². The van der Waals surface area contributed by atoms with Crippen molar-refractivity contribution >= 4 is 9.84 Å². The summed E-state index contributed by atoms with van der Waals surface area (Å²) < 4.78 is 62.0. The highest BCUT2D eigenvalue weighted by molar-refractivity contribution is 7.91. The molecule has 3 nitrogen and oxygen atoms in total. The molecule has 1 aromatic rings. The lowest BCUT2D eigenvalue weighted by Crippen LogP contribution is -2.37. The van der Waals surface area contributed by atoms with Crippen molar-refractivity contribution in [2.75, 3.05) is 19.3 Å². The van der Waals surface area contributed by atoms with Crippen molar-refractivity contribution in [3.05, 3.63) is 35.9 Å². The summed E-state index contributed by atoms with van der Waals surface area (Å²) in [5.41, 5.74) is 0.877. The third-order valence-electron chi connectivity index (χ3n) is 3.56. The Kier molecular flexibility index (Phi) is 4.11. The van der Waals surface area contributed by atoms with Gasteiger partial charge in [0.1, 0.15) is 0 Å². The lowest BCUT2D eigenvalue weighted by Gasteiger charge is -2.19. The second-order valence-corrected chi connectivity index (χ2v) is 7.46. The van der Waals surface area contributed by atoms with Crippen LogP contribution in [0.2, 0.25) is 0 Å². The number of hydrogen-bond donors (Lipinski definition) is 0. The summed E-state index contributed by atoms with van der Waals surface area (Å²) in [5, 5.41) is -1.37. The van der Waals surface area contributed by atoms with Gasteiger partial charge in [0.2, 0.25) is 0 Å². The third kappa shape index (κ3) is 3.52. The summed E-state index contributed by atoms with van der Waals surface area (Å²) in [5.74, 6) is -1.80. The first-order valence-electron chi connectivity index (χ1n) is 6.20. The first-order valence-corrected chi connectivity index (χ1v) is 8.15. The Morgan fingerprint density at radius 2 is 1.80 bits per heavy atom. The van der Waals surface area contributed by atoms with E-state index in [-0.39, 0.29) is 13.1 Å². The van der Waals surface area contributed by atoms with Gasteiger partial charge in [0, 0.05) is 25.9 Å². The number of halogens is 3. The van der Waals surface area contributed by atoms with Crippen molar-refractivity contribution in [3.63, 3.8) is 0 Å². The fraction of sp³-hybridized carbons (Fsp3) is 0.538. The second kappa shape index (κ2) is 5.37. The molecular weight excluding hydrogens is 291 g/mol. The summed E-state index contributed by atoms with van der Waals surface area (Å²) in [7, 11) is -3.72. The molecule has 0 saturated carbocycles. The van der Waals surface area contributed by atoms with Crippen LogP contribution >= 0.6 is 0 Å². The number of alkyl halides is 3. The number of nitrogens with zero attached hydrogens (tertiary/aromatic N) is 1. The van der Waals surface area contributed by atoms with E-state index in [1.54, 1.807) is 17.0 Å². The van der Waals surface area contributed by atoms with Crippen molar-refractivity contribution in [1.82, 2.24) is 4.90 Å². The maximum atomic E-state index is 13.0. The predicted molar refractivity (Wildman–Crippen MR) is 69.9 cm³/mol. The molecule has 2 rings (SSSR count). The minimum atomic E-state index is -4.49. The van der Waals surface area contributed by atoms with E-state index in [1.807, 2.05) is 18.2 Å². The van der Waals surface area contributed by atoms with E-state index in [1.165, 1.54) is 0 Å². The van der Waals surface area contributed by atoms with Crippen LogP contribution in [0.15, 0.2) is 30.3 Å². The van der Waals surface area contributed by atoms with Crippen molar-refractivity contribution < 1.29 is 21.6 Å². The van der Waals surface area contributed by atoms with Crippen LogP contribution in [0.1, 0.15) is 5.56 Å². The fourth-order valence-electron chi connectivity index (χ4n) is 2.57. The van der Waals surface area contributed by atoms with Crippen molar-refractivity contribution in [2.24, 2.45) is 5.92 Å². The molecule has 1 saturated heterocycles. The van der Waals surface area contributed by atoms with E-state index < -0.39 is 27.2 Å². The number of sulfone groups is 1. The minimum absolute atomic E-state index is 0.0715. The molecule has 20 heavy (non-hydrogen) atoms. The lowest BCUT2D eigenvalue weighted by atomic mass is 10.1. The van der Waals surface area contributed by atoms with Gasteiger partial charge >= 0.3 is 6.18 Å². The molecule has 0 radical (unpaired) electrons. The molecule has 0 amide bonds. The van der Waals surface area contributed by atoms with Gasteiger partial charge in [-0.15, -0.1) is 0 Å². The zero-order valence-corrected chi connectivity index (χ0v) is 11.8. The zero-order chi connectivity index (χ0) is 15.0. The molecule has 1 aromatic carbocycles. The molecule has 1 aliphatic rings. The average molecular weight is 307 g/mol. The highest BCUT2D eigenvalue weighted by atomic mass is 32.2. The van der Waals surface area contributed by atoms with Gasteiger partial charge in [-0.25, -0.2) is 8.42 Å². The Hall–Kier alpha value is -1.08. The Bertz CT molecular complexity index is 557. The number of likely N-dealkylation sites (tertiary alicyclic amines) is 1. The van der Waals surface area contributed by atoms with E-state index >= 15 is 0 Å². The molecule has 0 aromatic heterocycles. The van der Waals surface area contributed by atoms with Gasteiger partial charge in [-0.05, 0) is 5.56 Å². The predicted octanol–water partition coefficient (Wildman–Crippen LogP) is 2.09. The highest BCUT2D eigenvalue weighted by Gasteiger charge is 2.53. The standard InChI is InChI=1S/C13H16F3NO2S/c1-20(18,19)12-9-17(8-11(12)13(14,15)16)7-10-5-3-2-4-6-10/h2-6,11-12H,7-9H2,1H3. The number of benzene rings is 1. The van der Waals surface area contributed by atoms with Crippen molar-refractivity contribution in [3.8, 4) is 0 Å². The Balaban J connectivity index is 2.16. The summed E-state index contributed by atoms with van der Waals surface area (Å²) in [6.45, 7) is -0.00647. The normalized spacial score (nSPS) is 25.0. The maximum absolute atomic E-state index is 13.0. The van der Waals surface area contributed by atoms with Crippen LogP contribution in [0.5, 0.6) is 0 Å². The Morgan fingerprint density at radius 1 is 1.20 bits per heavy atom. The maximum Gasteiger partial charge on any atom is 0.394 e. The minimum Gasteiger partial charge on any atom is -0.297 e. The van der Waals surface area contributed by atoms with Crippen molar-refractivity contribution in [2.45, 2.75) is 18.0 Å². The fourth-order valence-corrected chi connectivity index (χ4v) is 3.89. The Labute approximate surface area is 116 Å². The van der Waals surface area contributed by atoms with Crippen LogP contribution in [-0.4, -0.2) is 44.1 Å².